The number of aryl methyl sites for hydroxylation is 1. The molecule has 1 atom stereocenters. The molecular weight excluding hydrogens is 238 g/mol. The summed E-state index contributed by atoms with van der Waals surface area (Å²) in [6.07, 6.45) is 7.71. The molecule has 0 aliphatic heterocycles. The Morgan fingerprint density at radius 1 is 1.16 bits per heavy atom. The SMILES string of the molecule is CCCC(OCC)c1nc(N)c2c(n1)CCCCC2. The number of hydrogen-bond acceptors (Lipinski definition) is 4. The van der Waals surface area contributed by atoms with Crippen LogP contribution >= 0.6 is 0 Å². The molecule has 0 radical (unpaired) electrons. The normalized spacial score (nSPS) is 16.7. The molecule has 2 rings (SSSR count). The van der Waals surface area contributed by atoms with Crippen molar-refractivity contribution in [2.45, 2.75) is 64.9 Å². The van der Waals surface area contributed by atoms with E-state index in [1.54, 1.807) is 0 Å². The molecule has 0 saturated carbocycles. The quantitative estimate of drug-likeness (QED) is 0.829. The van der Waals surface area contributed by atoms with Crippen LogP contribution in [0.3, 0.4) is 0 Å². The van der Waals surface area contributed by atoms with Crippen LogP contribution in [0.15, 0.2) is 0 Å². The summed E-state index contributed by atoms with van der Waals surface area (Å²) in [5.41, 5.74) is 8.46. The Morgan fingerprint density at radius 2 is 1.95 bits per heavy atom. The van der Waals surface area contributed by atoms with Crippen LogP contribution in [0.25, 0.3) is 0 Å². The monoisotopic (exact) mass is 263 g/mol. The van der Waals surface area contributed by atoms with Crippen LogP contribution in [0, 0.1) is 0 Å². The highest BCUT2D eigenvalue weighted by Gasteiger charge is 2.20. The van der Waals surface area contributed by atoms with Crippen molar-refractivity contribution in [1.82, 2.24) is 9.97 Å². The van der Waals surface area contributed by atoms with Crippen molar-refractivity contribution in [3.63, 3.8) is 0 Å². The standard InChI is InChI=1S/C15H25N3O/c1-3-8-13(19-4-2)15-17-12-10-7-5-6-9-11(12)14(16)18-15/h13H,3-10H2,1-2H3,(H2,16,17,18). The molecule has 0 bridgehead atoms. The molecule has 0 fully saturated rings. The van der Waals surface area contributed by atoms with Crippen LogP contribution in [0.1, 0.15) is 69.1 Å². The molecule has 1 aromatic heterocycles. The lowest BCUT2D eigenvalue weighted by molar-refractivity contribution is 0.0493. The lowest BCUT2D eigenvalue weighted by atomic mass is 10.1. The van der Waals surface area contributed by atoms with Crippen molar-refractivity contribution in [3.05, 3.63) is 17.1 Å². The first-order chi connectivity index (χ1) is 9.26. The maximum absolute atomic E-state index is 6.14. The van der Waals surface area contributed by atoms with Crippen LogP contribution in [0.2, 0.25) is 0 Å². The zero-order valence-corrected chi connectivity index (χ0v) is 12.1. The molecule has 2 N–H and O–H groups in total. The highest BCUT2D eigenvalue weighted by atomic mass is 16.5. The minimum atomic E-state index is -0.00847. The Hall–Kier alpha value is -1.16. The summed E-state index contributed by atoms with van der Waals surface area (Å²) in [5.74, 6) is 1.45. The van der Waals surface area contributed by atoms with E-state index < -0.39 is 0 Å². The Morgan fingerprint density at radius 3 is 2.68 bits per heavy atom. The smallest absolute Gasteiger partial charge is 0.159 e. The molecule has 0 aromatic carbocycles. The Bertz CT molecular complexity index is 414. The van der Waals surface area contributed by atoms with Gasteiger partial charge in [0.15, 0.2) is 5.82 Å². The Kier molecular flexibility index (Phi) is 5.14. The van der Waals surface area contributed by atoms with Gasteiger partial charge < -0.3 is 10.5 Å². The molecule has 1 aliphatic carbocycles. The van der Waals surface area contributed by atoms with Gasteiger partial charge in [-0.3, -0.25) is 0 Å². The second-order valence-electron chi connectivity index (χ2n) is 5.19. The average Bonchev–Trinajstić information content (AvgIpc) is 2.64. The van der Waals surface area contributed by atoms with Crippen molar-refractivity contribution in [1.29, 1.82) is 0 Å². The molecule has 1 aliphatic rings. The number of ether oxygens (including phenoxy) is 1. The lowest BCUT2D eigenvalue weighted by Crippen LogP contribution is -2.14. The molecule has 19 heavy (non-hydrogen) atoms. The van der Waals surface area contributed by atoms with Crippen LogP contribution in [-0.2, 0) is 17.6 Å². The third kappa shape index (κ3) is 3.44. The van der Waals surface area contributed by atoms with E-state index in [2.05, 4.69) is 11.9 Å². The van der Waals surface area contributed by atoms with Gasteiger partial charge in [-0.25, -0.2) is 9.97 Å². The van der Waals surface area contributed by atoms with Gasteiger partial charge in [-0.2, -0.15) is 0 Å². The summed E-state index contributed by atoms with van der Waals surface area (Å²) < 4.78 is 5.77. The first kappa shape index (κ1) is 14.3. The molecule has 1 heterocycles. The van der Waals surface area contributed by atoms with Crippen molar-refractivity contribution in [2.24, 2.45) is 0 Å². The number of anilines is 1. The molecule has 106 valence electrons. The summed E-state index contributed by atoms with van der Waals surface area (Å²) in [6, 6.07) is 0. The molecule has 4 nitrogen and oxygen atoms in total. The predicted octanol–water partition coefficient (Wildman–Crippen LogP) is 3.21. The molecular formula is C15H25N3O. The molecule has 0 saturated heterocycles. The van der Waals surface area contributed by atoms with Gasteiger partial charge in [0, 0.05) is 17.9 Å². The van der Waals surface area contributed by atoms with Crippen molar-refractivity contribution in [2.75, 3.05) is 12.3 Å². The number of nitrogens with two attached hydrogens (primary N) is 1. The first-order valence-corrected chi connectivity index (χ1v) is 7.53. The first-order valence-electron chi connectivity index (χ1n) is 7.53. The average molecular weight is 263 g/mol. The zero-order chi connectivity index (χ0) is 13.7. The largest absolute Gasteiger partial charge is 0.383 e. The van der Waals surface area contributed by atoms with E-state index in [4.69, 9.17) is 15.5 Å². The van der Waals surface area contributed by atoms with Crippen LogP contribution in [0.4, 0.5) is 5.82 Å². The molecule has 1 unspecified atom stereocenters. The van der Waals surface area contributed by atoms with E-state index in [1.165, 1.54) is 24.8 Å². The lowest BCUT2D eigenvalue weighted by Gasteiger charge is -2.17. The van der Waals surface area contributed by atoms with E-state index in [1.807, 2.05) is 6.92 Å². The fraction of sp³-hybridized carbons (Fsp3) is 0.733. The summed E-state index contributed by atoms with van der Waals surface area (Å²) in [7, 11) is 0. The zero-order valence-electron chi connectivity index (χ0n) is 12.1. The summed E-state index contributed by atoms with van der Waals surface area (Å²) in [4.78, 5) is 9.26. The van der Waals surface area contributed by atoms with E-state index in [0.29, 0.717) is 12.4 Å². The number of fused-ring (bicyclic) bond motifs is 1. The number of hydrogen-bond donors (Lipinski definition) is 1. The second-order valence-corrected chi connectivity index (χ2v) is 5.19. The van der Waals surface area contributed by atoms with Crippen molar-refractivity contribution >= 4 is 5.82 Å². The topological polar surface area (TPSA) is 61.0 Å². The Balaban J connectivity index is 2.30. The number of nitrogens with zero attached hydrogens (tertiary/aromatic N) is 2. The van der Waals surface area contributed by atoms with Gasteiger partial charge >= 0.3 is 0 Å². The van der Waals surface area contributed by atoms with Gasteiger partial charge in [0.05, 0.1) is 0 Å². The highest BCUT2D eigenvalue weighted by Crippen LogP contribution is 2.27. The minimum absolute atomic E-state index is 0.00847. The summed E-state index contributed by atoms with van der Waals surface area (Å²) >= 11 is 0. The third-order valence-electron chi connectivity index (χ3n) is 3.69. The number of aromatic nitrogens is 2. The van der Waals surface area contributed by atoms with Gasteiger partial charge in [-0.05, 0) is 39.0 Å². The second kappa shape index (κ2) is 6.85. The fourth-order valence-electron chi connectivity index (χ4n) is 2.71. The van der Waals surface area contributed by atoms with Gasteiger partial charge in [0.1, 0.15) is 11.9 Å². The maximum Gasteiger partial charge on any atom is 0.159 e. The Labute approximate surface area is 115 Å². The maximum atomic E-state index is 6.14. The van der Waals surface area contributed by atoms with E-state index in [0.717, 1.165) is 37.2 Å². The fourth-order valence-corrected chi connectivity index (χ4v) is 2.71. The third-order valence-corrected chi connectivity index (χ3v) is 3.69. The van der Waals surface area contributed by atoms with Crippen LogP contribution < -0.4 is 5.73 Å². The predicted molar refractivity (Wildman–Crippen MR) is 77.0 cm³/mol. The van der Waals surface area contributed by atoms with E-state index >= 15 is 0 Å². The molecule has 0 spiro atoms. The molecule has 4 heteroatoms. The van der Waals surface area contributed by atoms with Crippen molar-refractivity contribution in [3.8, 4) is 0 Å². The van der Waals surface area contributed by atoms with E-state index in [9.17, 15) is 0 Å². The van der Waals surface area contributed by atoms with Crippen molar-refractivity contribution < 1.29 is 4.74 Å². The van der Waals surface area contributed by atoms with Gasteiger partial charge in [0.2, 0.25) is 0 Å². The molecule has 0 amide bonds. The number of nitrogen functional groups attached to an aromatic ring is 1. The van der Waals surface area contributed by atoms with Gasteiger partial charge in [-0.15, -0.1) is 0 Å². The van der Waals surface area contributed by atoms with Crippen LogP contribution in [-0.4, -0.2) is 16.6 Å². The summed E-state index contributed by atoms with van der Waals surface area (Å²) in [6.45, 7) is 4.85. The van der Waals surface area contributed by atoms with Crippen LogP contribution in [0.5, 0.6) is 0 Å². The minimum Gasteiger partial charge on any atom is -0.383 e. The van der Waals surface area contributed by atoms with Gasteiger partial charge in [-0.1, -0.05) is 19.8 Å². The highest BCUT2D eigenvalue weighted by molar-refractivity contribution is 5.43. The van der Waals surface area contributed by atoms with Gasteiger partial charge in [0.25, 0.3) is 0 Å². The summed E-state index contributed by atoms with van der Waals surface area (Å²) in [5, 5.41) is 0. The molecule has 1 aromatic rings. The van der Waals surface area contributed by atoms with E-state index in [-0.39, 0.29) is 6.10 Å². The number of rotatable bonds is 5.